The van der Waals surface area contributed by atoms with E-state index in [0.29, 0.717) is 5.92 Å². The lowest BCUT2D eigenvalue weighted by molar-refractivity contribution is 0.135. The minimum atomic E-state index is -0.282. The zero-order valence-electron chi connectivity index (χ0n) is 11.2. The highest BCUT2D eigenvalue weighted by atomic mass is 15.2. The van der Waals surface area contributed by atoms with E-state index in [1.54, 1.807) is 0 Å². The smallest absolute Gasteiger partial charge is 0.122 e. The summed E-state index contributed by atoms with van der Waals surface area (Å²) in [6.45, 7) is 5.56. The van der Waals surface area contributed by atoms with Crippen molar-refractivity contribution < 1.29 is 0 Å². The van der Waals surface area contributed by atoms with Gasteiger partial charge in [0.25, 0.3) is 0 Å². The zero-order chi connectivity index (χ0) is 12.3. The predicted molar refractivity (Wildman–Crippen MR) is 69.6 cm³/mol. The van der Waals surface area contributed by atoms with E-state index in [2.05, 4.69) is 23.2 Å². The number of likely N-dealkylation sites (tertiary alicyclic amines) is 1. The lowest BCUT2D eigenvalue weighted by Gasteiger charge is -2.38. The maximum Gasteiger partial charge on any atom is 0.122 e. The van der Waals surface area contributed by atoms with Gasteiger partial charge in [0, 0.05) is 13.1 Å². The van der Waals surface area contributed by atoms with Crippen molar-refractivity contribution in [2.45, 2.75) is 44.6 Å². The largest absolute Gasteiger partial charge is 0.301 e. The number of likely N-dealkylation sites (N-methyl/N-ethyl adjacent to an activating group) is 1. The lowest BCUT2D eigenvalue weighted by Crippen LogP contribution is -2.54. The number of nitrogens with one attached hydrogen (secondary N) is 1. The van der Waals surface area contributed by atoms with Crippen molar-refractivity contribution in [2.24, 2.45) is 11.8 Å². The standard InChI is InChI=1S/C14H25N3/c1-3-12-5-4-8-17(9-12)11-14(10-15,16-2)13-6-7-13/h12-13,16H,3-9,11H2,1-2H3. The Morgan fingerprint density at radius 2 is 2.18 bits per heavy atom. The number of piperidine rings is 1. The molecular formula is C14H25N3. The van der Waals surface area contributed by atoms with Crippen LogP contribution in [0, 0.1) is 23.2 Å². The third kappa shape index (κ3) is 2.81. The first kappa shape index (κ1) is 12.9. The highest BCUT2D eigenvalue weighted by Crippen LogP contribution is 2.40. The van der Waals surface area contributed by atoms with Crippen LogP contribution in [0.25, 0.3) is 0 Å². The van der Waals surface area contributed by atoms with E-state index in [4.69, 9.17) is 0 Å². The summed E-state index contributed by atoms with van der Waals surface area (Å²) >= 11 is 0. The summed E-state index contributed by atoms with van der Waals surface area (Å²) in [5, 5.41) is 12.8. The second-order valence-electron chi connectivity index (χ2n) is 5.76. The first-order valence-corrected chi connectivity index (χ1v) is 7.06. The molecule has 0 spiro atoms. The molecule has 0 aromatic rings. The van der Waals surface area contributed by atoms with Crippen LogP contribution >= 0.6 is 0 Å². The summed E-state index contributed by atoms with van der Waals surface area (Å²) in [6, 6.07) is 2.55. The van der Waals surface area contributed by atoms with Crippen LogP contribution in [0.2, 0.25) is 0 Å². The van der Waals surface area contributed by atoms with E-state index >= 15 is 0 Å². The van der Waals surface area contributed by atoms with Crippen LogP contribution in [0.5, 0.6) is 0 Å². The fourth-order valence-corrected chi connectivity index (χ4v) is 3.15. The molecule has 2 fully saturated rings. The third-order valence-corrected chi connectivity index (χ3v) is 4.57. The molecule has 3 heteroatoms. The molecule has 0 aromatic carbocycles. The summed E-state index contributed by atoms with van der Waals surface area (Å²) in [5.41, 5.74) is -0.282. The van der Waals surface area contributed by atoms with Crippen LogP contribution < -0.4 is 5.32 Å². The average Bonchev–Trinajstić information content (AvgIpc) is 3.21. The monoisotopic (exact) mass is 235 g/mol. The summed E-state index contributed by atoms with van der Waals surface area (Å²) in [6.07, 6.45) is 6.39. The van der Waals surface area contributed by atoms with E-state index in [-0.39, 0.29) is 5.54 Å². The maximum absolute atomic E-state index is 9.50. The van der Waals surface area contributed by atoms with Crippen molar-refractivity contribution >= 4 is 0 Å². The second kappa shape index (κ2) is 5.37. The van der Waals surface area contributed by atoms with Crippen molar-refractivity contribution in [3.8, 4) is 6.07 Å². The molecule has 1 heterocycles. The van der Waals surface area contributed by atoms with Crippen molar-refractivity contribution in [1.29, 1.82) is 5.26 Å². The number of rotatable bonds is 5. The molecule has 1 saturated carbocycles. The minimum absolute atomic E-state index is 0.282. The maximum atomic E-state index is 9.50. The van der Waals surface area contributed by atoms with E-state index in [9.17, 15) is 5.26 Å². The Balaban J connectivity index is 1.96. The van der Waals surface area contributed by atoms with E-state index in [0.717, 1.165) is 12.5 Å². The quantitative estimate of drug-likeness (QED) is 0.792. The van der Waals surface area contributed by atoms with Crippen LogP contribution in [0.3, 0.4) is 0 Å². The van der Waals surface area contributed by atoms with Gasteiger partial charge < -0.3 is 10.2 Å². The Morgan fingerprint density at radius 1 is 1.41 bits per heavy atom. The molecule has 0 bridgehead atoms. The molecule has 1 aliphatic heterocycles. The minimum Gasteiger partial charge on any atom is -0.301 e. The molecule has 0 radical (unpaired) electrons. The number of nitriles is 1. The molecule has 0 amide bonds. The number of hydrogen-bond donors (Lipinski definition) is 1. The molecule has 96 valence electrons. The van der Waals surface area contributed by atoms with Gasteiger partial charge in [0.2, 0.25) is 0 Å². The van der Waals surface area contributed by atoms with Crippen LogP contribution in [0.15, 0.2) is 0 Å². The Hall–Kier alpha value is -0.590. The lowest BCUT2D eigenvalue weighted by atomic mass is 9.90. The van der Waals surface area contributed by atoms with E-state index in [1.165, 1.54) is 45.2 Å². The fraction of sp³-hybridized carbons (Fsp3) is 0.929. The van der Waals surface area contributed by atoms with Crippen molar-refractivity contribution in [3.05, 3.63) is 0 Å². The van der Waals surface area contributed by atoms with Gasteiger partial charge in [0.15, 0.2) is 0 Å². The predicted octanol–water partition coefficient (Wildman–Crippen LogP) is 2.00. The number of nitrogens with zero attached hydrogens (tertiary/aromatic N) is 2. The normalized spacial score (nSPS) is 29.6. The Kier molecular flexibility index (Phi) is 4.06. The first-order chi connectivity index (χ1) is 8.24. The van der Waals surface area contributed by atoms with Gasteiger partial charge in [-0.2, -0.15) is 5.26 Å². The van der Waals surface area contributed by atoms with Crippen molar-refractivity contribution in [3.63, 3.8) is 0 Å². The summed E-state index contributed by atoms with van der Waals surface area (Å²) in [4.78, 5) is 2.51. The molecule has 3 nitrogen and oxygen atoms in total. The summed E-state index contributed by atoms with van der Waals surface area (Å²) in [7, 11) is 1.95. The molecular weight excluding hydrogens is 210 g/mol. The molecule has 1 aliphatic carbocycles. The van der Waals surface area contributed by atoms with Crippen LogP contribution in [0.4, 0.5) is 0 Å². The SMILES string of the molecule is CCC1CCCN(CC(C#N)(NC)C2CC2)C1. The third-order valence-electron chi connectivity index (χ3n) is 4.57. The summed E-state index contributed by atoms with van der Waals surface area (Å²) in [5.74, 6) is 1.43. The molecule has 2 unspecified atom stereocenters. The van der Waals surface area contributed by atoms with Crippen LogP contribution in [-0.4, -0.2) is 37.1 Å². The highest BCUT2D eigenvalue weighted by Gasteiger charge is 2.45. The molecule has 2 aliphatic rings. The summed E-state index contributed by atoms with van der Waals surface area (Å²) < 4.78 is 0. The van der Waals surface area contributed by atoms with Gasteiger partial charge in [-0.15, -0.1) is 0 Å². The van der Waals surface area contributed by atoms with Gasteiger partial charge in [-0.1, -0.05) is 13.3 Å². The van der Waals surface area contributed by atoms with E-state index in [1.807, 2.05) is 7.05 Å². The Bertz CT molecular complexity index is 292. The first-order valence-electron chi connectivity index (χ1n) is 7.06. The molecule has 2 atom stereocenters. The van der Waals surface area contributed by atoms with Gasteiger partial charge >= 0.3 is 0 Å². The van der Waals surface area contributed by atoms with Crippen LogP contribution in [0.1, 0.15) is 39.0 Å². The van der Waals surface area contributed by atoms with E-state index < -0.39 is 0 Å². The molecule has 1 saturated heterocycles. The van der Waals surface area contributed by atoms with Crippen molar-refractivity contribution in [1.82, 2.24) is 10.2 Å². The van der Waals surface area contributed by atoms with Crippen molar-refractivity contribution in [2.75, 3.05) is 26.7 Å². The average molecular weight is 235 g/mol. The van der Waals surface area contributed by atoms with Crippen LogP contribution in [-0.2, 0) is 0 Å². The van der Waals surface area contributed by atoms with Gasteiger partial charge in [-0.3, -0.25) is 0 Å². The van der Waals surface area contributed by atoms with Gasteiger partial charge in [-0.05, 0) is 51.1 Å². The van der Waals surface area contributed by atoms with Gasteiger partial charge in [-0.25, -0.2) is 0 Å². The molecule has 0 aromatic heterocycles. The highest BCUT2D eigenvalue weighted by molar-refractivity contribution is 5.16. The number of hydrogen-bond acceptors (Lipinski definition) is 3. The molecule has 17 heavy (non-hydrogen) atoms. The molecule has 2 rings (SSSR count). The second-order valence-corrected chi connectivity index (χ2v) is 5.76. The fourth-order valence-electron chi connectivity index (χ4n) is 3.15. The zero-order valence-corrected chi connectivity index (χ0v) is 11.2. The Labute approximate surface area is 105 Å². The van der Waals surface area contributed by atoms with Gasteiger partial charge in [0.05, 0.1) is 6.07 Å². The van der Waals surface area contributed by atoms with Gasteiger partial charge in [0.1, 0.15) is 5.54 Å². The Morgan fingerprint density at radius 3 is 2.71 bits per heavy atom. The molecule has 1 N–H and O–H groups in total. The topological polar surface area (TPSA) is 39.1 Å².